The molecule has 1 unspecified atom stereocenters. The van der Waals surface area contributed by atoms with Crippen LogP contribution < -0.4 is 11.5 Å². The highest BCUT2D eigenvalue weighted by molar-refractivity contribution is 5.46. The zero-order valence-corrected chi connectivity index (χ0v) is 8.81. The van der Waals surface area contributed by atoms with Crippen molar-refractivity contribution in [2.75, 3.05) is 0 Å². The van der Waals surface area contributed by atoms with Gasteiger partial charge in [-0.3, -0.25) is 0 Å². The maximum Gasteiger partial charge on any atom is 0.0579 e. The van der Waals surface area contributed by atoms with Gasteiger partial charge in [0.05, 0.1) is 11.4 Å². The first-order valence-electron chi connectivity index (χ1n) is 4.57. The van der Waals surface area contributed by atoms with Crippen LogP contribution in [0.15, 0.2) is 34.2 Å². The first kappa shape index (κ1) is 9.90. The highest BCUT2D eigenvalue weighted by Gasteiger charge is 2.14. The van der Waals surface area contributed by atoms with Gasteiger partial charge in [0.25, 0.3) is 0 Å². The average Bonchev–Trinajstić information content (AvgIpc) is 2.15. The smallest absolute Gasteiger partial charge is 0.0579 e. The molecular weight excluding hydrogens is 160 g/mol. The summed E-state index contributed by atoms with van der Waals surface area (Å²) >= 11 is 0. The lowest BCUT2D eigenvalue weighted by molar-refractivity contribution is 0.841. The summed E-state index contributed by atoms with van der Waals surface area (Å²) in [5, 5.41) is 0. The summed E-state index contributed by atoms with van der Waals surface area (Å²) in [5.41, 5.74) is 16.8. The molecule has 0 aromatic heterocycles. The van der Waals surface area contributed by atoms with E-state index in [-0.39, 0.29) is 0 Å². The van der Waals surface area contributed by atoms with Gasteiger partial charge in [-0.15, -0.1) is 0 Å². The van der Waals surface area contributed by atoms with E-state index in [1.165, 1.54) is 5.57 Å². The first-order valence-corrected chi connectivity index (χ1v) is 4.57. The molecule has 0 aromatic carbocycles. The van der Waals surface area contributed by atoms with Crippen molar-refractivity contribution in [3.8, 4) is 0 Å². The zero-order chi connectivity index (χ0) is 10.2. The predicted octanol–water partition coefficient (Wildman–Crippen LogP) is 2.05. The van der Waals surface area contributed by atoms with Crippen molar-refractivity contribution >= 4 is 0 Å². The Kier molecular flexibility index (Phi) is 2.50. The molecule has 0 saturated carbocycles. The van der Waals surface area contributed by atoms with E-state index in [0.29, 0.717) is 5.92 Å². The summed E-state index contributed by atoms with van der Waals surface area (Å²) < 4.78 is 0. The third-order valence-electron chi connectivity index (χ3n) is 2.89. The predicted molar refractivity (Wildman–Crippen MR) is 56.7 cm³/mol. The monoisotopic (exact) mass is 178 g/mol. The van der Waals surface area contributed by atoms with E-state index in [1.807, 2.05) is 13.8 Å². The maximum atomic E-state index is 5.93. The minimum absolute atomic E-state index is 0.385. The molecule has 0 fully saturated rings. The Morgan fingerprint density at radius 1 is 1.08 bits per heavy atom. The van der Waals surface area contributed by atoms with Crippen LogP contribution in [-0.2, 0) is 0 Å². The molecule has 0 bridgehead atoms. The molecule has 1 rings (SSSR count). The number of nitrogens with two attached hydrogens (primary N) is 2. The van der Waals surface area contributed by atoms with Gasteiger partial charge in [0.15, 0.2) is 0 Å². The third kappa shape index (κ3) is 1.62. The van der Waals surface area contributed by atoms with Crippen molar-refractivity contribution in [3.63, 3.8) is 0 Å². The van der Waals surface area contributed by atoms with Crippen LogP contribution in [0, 0.1) is 5.92 Å². The second-order valence-corrected chi connectivity index (χ2v) is 3.77. The number of hydrogen-bond acceptors (Lipinski definition) is 2. The van der Waals surface area contributed by atoms with Gasteiger partial charge in [-0.25, -0.2) is 0 Å². The standard InChI is InChI=1S/C11H18N2/c1-6-5-7(2)9(4)11(13)10(12)8(6)3/h5-6H,12-13H2,1-4H3. The molecule has 4 N–H and O–H groups in total. The summed E-state index contributed by atoms with van der Waals surface area (Å²) in [6, 6.07) is 0. The SMILES string of the molecule is CC1=CC(C)C(C)=C(N)C(N)=C1C. The fourth-order valence-electron chi connectivity index (χ4n) is 1.50. The van der Waals surface area contributed by atoms with Gasteiger partial charge in [0.1, 0.15) is 0 Å². The molecule has 0 saturated heterocycles. The second-order valence-electron chi connectivity index (χ2n) is 3.77. The van der Waals surface area contributed by atoms with Crippen molar-refractivity contribution < 1.29 is 0 Å². The van der Waals surface area contributed by atoms with E-state index < -0.39 is 0 Å². The highest BCUT2D eigenvalue weighted by atomic mass is 14.7. The molecule has 1 atom stereocenters. The van der Waals surface area contributed by atoms with Crippen LogP contribution >= 0.6 is 0 Å². The summed E-state index contributed by atoms with van der Waals surface area (Å²) in [7, 11) is 0. The third-order valence-corrected chi connectivity index (χ3v) is 2.89. The molecule has 2 heteroatoms. The molecule has 13 heavy (non-hydrogen) atoms. The Morgan fingerprint density at radius 2 is 1.62 bits per heavy atom. The molecule has 0 radical (unpaired) electrons. The van der Waals surface area contributed by atoms with Crippen LogP contribution in [0.4, 0.5) is 0 Å². The zero-order valence-electron chi connectivity index (χ0n) is 8.81. The van der Waals surface area contributed by atoms with Gasteiger partial charge in [-0.2, -0.15) is 0 Å². The fraction of sp³-hybridized carbons (Fsp3) is 0.455. The second kappa shape index (κ2) is 3.29. The highest BCUT2D eigenvalue weighted by Crippen LogP contribution is 2.26. The van der Waals surface area contributed by atoms with Crippen molar-refractivity contribution in [2.24, 2.45) is 17.4 Å². The van der Waals surface area contributed by atoms with E-state index >= 15 is 0 Å². The van der Waals surface area contributed by atoms with Crippen molar-refractivity contribution in [3.05, 3.63) is 34.2 Å². The van der Waals surface area contributed by atoms with E-state index in [4.69, 9.17) is 11.5 Å². The molecule has 0 aromatic rings. The quantitative estimate of drug-likeness (QED) is 0.596. The summed E-state index contributed by atoms with van der Waals surface area (Å²) in [5.74, 6) is 0.385. The fourth-order valence-corrected chi connectivity index (χ4v) is 1.50. The van der Waals surface area contributed by atoms with Crippen LogP contribution in [0.3, 0.4) is 0 Å². The van der Waals surface area contributed by atoms with Gasteiger partial charge in [-0.1, -0.05) is 13.0 Å². The number of allylic oxidation sites excluding steroid dienone is 4. The minimum Gasteiger partial charge on any atom is -0.397 e. The van der Waals surface area contributed by atoms with Crippen LogP contribution in [0.5, 0.6) is 0 Å². The van der Waals surface area contributed by atoms with E-state index in [2.05, 4.69) is 19.9 Å². The van der Waals surface area contributed by atoms with Gasteiger partial charge in [-0.05, 0) is 43.4 Å². The largest absolute Gasteiger partial charge is 0.397 e. The Balaban J connectivity index is 3.32. The first-order chi connectivity index (χ1) is 5.95. The molecule has 1 aliphatic carbocycles. The van der Waals surface area contributed by atoms with Gasteiger partial charge < -0.3 is 11.5 Å². The van der Waals surface area contributed by atoms with Crippen molar-refractivity contribution in [1.82, 2.24) is 0 Å². The van der Waals surface area contributed by atoms with Crippen LogP contribution in [0.1, 0.15) is 27.7 Å². The molecule has 0 aliphatic heterocycles. The lowest BCUT2D eigenvalue weighted by atomic mass is 10.00. The van der Waals surface area contributed by atoms with Crippen LogP contribution in [-0.4, -0.2) is 0 Å². The lowest BCUT2D eigenvalue weighted by Gasteiger charge is -2.09. The van der Waals surface area contributed by atoms with E-state index in [9.17, 15) is 0 Å². The molecule has 72 valence electrons. The normalized spacial score (nSPS) is 24.6. The molecule has 2 nitrogen and oxygen atoms in total. The van der Waals surface area contributed by atoms with Crippen molar-refractivity contribution in [2.45, 2.75) is 27.7 Å². The van der Waals surface area contributed by atoms with Gasteiger partial charge in [0.2, 0.25) is 0 Å². The molecule has 1 aliphatic rings. The van der Waals surface area contributed by atoms with Crippen LogP contribution in [0.25, 0.3) is 0 Å². The molecule has 0 spiro atoms. The van der Waals surface area contributed by atoms with E-state index in [1.54, 1.807) is 0 Å². The Labute approximate surface area is 80.0 Å². The minimum atomic E-state index is 0.385. The number of hydrogen-bond donors (Lipinski definition) is 2. The Hall–Kier alpha value is -1.18. The van der Waals surface area contributed by atoms with Gasteiger partial charge in [0, 0.05) is 0 Å². The van der Waals surface area contributed by atoms with Crippen molar-refractivity contribution in [1.29, 1.82) is 0 Å². The molecule has 0 heterocycles. The summed E-state index contributed by atoms with van der Waals surface area (Å²) in [6.45, 7) is 8.26. The molecular formula is C11H18N2. The van der Waals surface area contributed by atoms with Gasteiger partial charge >= 0.3 is 0 Å². The van der Waals surface area contributed by atoms with E-state index in [0.717, 1.165) is 22.5 Å². The average molecular weight is 178 g/mol. The van der Waals surface area contributed by atoms with Crippen LogP contribution in [0.2, 0.25) is 0 Å². The topological polar surface area (TPSA) is 52.0 Å². The Morgan fingerprint density at radius 3 is 2.15 bits per heavy atom. The lowest BCUT2D eigenvalue weighted by Crippen LogP contribution is -2.14. The molecule has 0 amide bonds. The Bertz CT molecular complexity index is 319. The maximum absolute atomic E-state index is 5.93. The number of rotatable bonds is 0. The summed E-state index contributed by atoms with van der Waals surface area (Å²) in [4.78, 5) is 0. The summed E-state index contributed by atoms with van der Waals surface area (Å²) in [6.07, 6.45) is 2.21.